The number of halogens is 1. The maximum absolute atomic E-state index is 9.99. The lowest BCUT2D eigenvalue weighted by atomic mass is 10.1. The minimum absolute atomic E-state index is 0.0247. The van der Waals surface area contributed by atoms with Crippen LogP contribution < -0.4 is 0 Å². The Morgan fingerprint density at radius 3 is 2.80 bits per heavy atom. The lowest BCUT2D eigenvalue weighted by Crippen LogP contribution is -2.07. The molecule has 0 bridgehead atoms. The molecule has 0 atom stereocenters. The summed E-state index contributed by atoms with van der Waals surface area (Å²) in [6, 6.07) is 8.02. The van der Waals surface area contributed by atoms with E-state index in [1.54, 1.807) is 25.1 Å². The molecule has 104 valence electrons. The maximum atomic E-state index is 9.99. The number of hydrogen-bond donors (Lipinski definition) is 2. The van der Waals surface area contributed by atoms with E-state index in [2.05, 4.69) is 26.1 Å². The molecule has 0 aliphatic carbocycles. The summed E-state index contributed by atoms with van der Waals surface area (Å²) in [7, 11) is 0. The first kappa shape index (κ1) is 14.3. The zero-order valence-electron chi connectivity index (χ0n) is 10.7. The van der Waals surface area contributed by atoms with Crippen LogP contribution in [0.15, 0.2) is 46.2 Å². The minimum Gasteiger partial charge on any atom is -0.507 e. The summed E-state index contributed by atoms with van der Waals surface area (Å²) < 4.78 is 0.768. The van der Waals surface area contributed by atoms with Crippen LogP contribution in [0.4, 0.5) is 0 Å². The molecule has 0 fully saturated rings. The van der Waals surface area contributed by atoms with E-state index in [1.807, 2.05) is 0 Å². The molecule has 0 unspecified atom stereocenters. The molecule has 0 saturated heterocycles. The van der Waals surface area contributed by atoms with Crippen LogP contribution in [0, 0.1) is 0 Å². The molecule has 1 heterocycles. The van der Waals surface area contributed by atoms with Gasteiger partial charge in [-0.15, -0.1) is 0 Å². The summed E-state index contributed by atoms with van der Waals surface area (Å²) in [5.41, 5.74) is 0.930. The Morgan fingerprint density at radius 1 is 1.30 bits per heavy atom. The number of rotatable bonds is 4. The highest BCUT2D eigenvalue weighted by molar-refractivity contribution is 9.10. The van der Waals surface area contributed by atoms with E-state index in [-0.39, 0.29) is 22.9 Å². The number of phenols is 1. The van der Waals surface area contributed by atoms with Gasteiger partial charge in [0.2, 0.25) is 0 Å². The van der Waals surface area contributed by atoms with Crippen LogP contribution in [0.3, 0.4) is 0 Å². The zero-order valence-corrected chi connectivity index (χ0v) is 12.3. The summed E-state index contributed by atoms with van der Waals surface area (Å²) >= 11 is 3.33. The van der Waals surface area contributed by atoms with E-state index in [0.29, 0.717) is 12.2 Å². The Labute approximate surface area is 124 Å². The second-order valence-electron chi connectivity index (χ2n) is 3.89. The third-order valence-corrected chi connectivity index (χ3v) is 3.00. The Morgan fingerprint density at radius 2 is 2.10 bits per heavy atom. The minimum atomic E-state index is -0.0367. The number of pyridine rings is 1. The molecule has 6 heteroatoms. The monoisotopic (exact) mass is 336 g/mol. The van der Waals surface area contributed by atoms with Crippen molar-refractivity contribution in [3.05, 3.63) is 52.3 Å². The van der Waals surface area contributed by atoms with Gasteiger partial charge in [-0.05, 0) is 37.3 Å². The number of benzene rings is 1. The fourth-order valence-corrected chi connectivity index (χ4v) is 1.99. The lowest BCUT2D eigenvalue weighted by molar-refractivity contribution is 0.159. The van der Waals surface area contributed by atoms with Crippen LogP contribution in [-0.4, -0.2) is 27.5 Å². The number of oxime groups is 1. The molecular weight excluding hydrogens is 324 g/mol. The van der Waals surface area contributed by atoms with Gasteiger partial charge >= 0.3 is 0 Å². The number of aromatic nitrogens is 1. The Hall–Kier alpha value is -2.08. The topological polar surface area (TPSA) is 74.9 Å². The molecule has 1 aromatic carbocycles. The molecule has 0 saturated carbocycles. The van der Waals surface area contributed by atoms with Crippen LogP contribution in [0.1, 0.15) is 18.2 Å². The van der Waals surface area contributed by atoms with Crippen molar-refractivity contribution in [3.8, 4) is 11.5 Å². The molecule has 0 aliphatic heterocycles. The first-order chi connectivity index (χ1) is 9.63. The molecule has 2 rings (SSSR count). The van der Waals surface area contributed by atoms with Gasteiger partial charge in [0.15, 0.2) is 0 Å². The third kappa shape index (κ3) is 3.08. The standard InChI is InChI=1S/C14H13BrN2O3/c1-2-20-17-13(14-12(19)4-3-7-16-14)10-8-9(15)5-6-11(10)18/h3-8,18-19H,2H2,1H3/b17-13-. The first-order valence-corrected chi connectivity index (χ1v) is 6.76. The summed E-state index contributed by atoms with van der Waals surface area (Å²) in [6.45, 7) is 2.16. The van der Waals surface area contributed by atoms with Gasteiger partial charge in [0.05, 0.1) is 0 Å². The Kier molecular flexibility index (Phi) is 4.57. The zero-order chi connectivity index (χ0) is 14.5. The highest BCUT2D eigenvalue weighted by Gasteiger charge is 2.17. The molecule has 5 nitrogen and oxygen atoms in total. The lowest BCUT2D eigenvalue weighted by Gasteiger charge is -2.09. The van der Waals surface area contributed by atoms with E-state index in [9.17, 15) is 10.2 Å². The van der Waals surface area contributed by atoms with Gasteiger partial charge in [0.1, 0.15) is 29.5 Å². The third-order valence-electron chi connectivity index (χ3n) is 2.51. The van der Waals surface area contributed by atoms with Crippen LogP contribution in [0.2, 0.25) is 0 Å². The number of phenolic OH excluding ortho intramolecular Hbond substituents is 1. The van der Waals surface area contributed by atoms with Gasteiger partial charge in [-0.3, -0.25) is 4.98 Å². The summed E-state index contributed by atoms with van der Waals surface area (Å²) in [5, 5.41) is 23.9. The second-order valence-corrected chi connectivity index (χ2v) is 4.81. The molecule has 0 aliphatic rings. The molecule has 0 radical (unpaired) electrons. The molecule has 2 N–H and O–H groups in total. The molecule has 20 heavy (non-hydrogen) atoms. The molecule has 0 amide bonds. The molecule has 0 spiro atoms. The van der Waals surface area contributed by atoms with Gasteiger partial charge in [-0.1, -0.05) is 21.1 Å². The molecule has 2 aromatic rings. The van der Waals surface area contributed by atoms with Gasteiger partial charge in [-0.25, -0.2) is 0 Å². The fourth-order valence-electron chi connectivity index (χ4n) is 1.63. The van der Waals surface area contributed by atoms with E-state index >= 15 is 0 Å². The summed E-state index contributed by atoms with van der Waals surface area (Å²) in [6.07, 6.45) is 1.53. The normalized spacial score (nSPS) is 11.4. The molecule has 1 aromatic heterocycles. The van der Waals surface area contributed by atoms with Crippen molar-refractivity contribution in [3.63, 3.8) is 0 Å². The van der Waals surface area contributed by atoms with Gasteiger partial charge < -0.3 is 15.1 Å². The van der Waals surface area contributed by atoms with E-state index in [0.717, 1.165) is 4.47 Å². The van der Waals surface area contributed by atoms with Crippen molar-refractivity contribution in [1.82, 2.24) is 4.98 Å². The highest BCUT2D eigenvalue weighted by atomic mass is 79.9. The van der Waals surface area contributed by atoms with Crippen LogP contribution in [0.5, 0.6) is 11.5 Å². The summed E-state index contributed by atoms with van der Waals surface area (Å²) in [5.74, 6) is -0.0120. The number of hydrogen-bond acceptors (Lipinski definition) is 5. The molecular formula is C14H13BrN2O3. The van der Waals surface area contributed by atoms with Crippen molar-refractivity contribution in [2.75, 3.05) is 6.61 Å². The SMILES string of the molecule is CCO/N=C(/c1cc(Br)ccc1O)c1ncccc1O. The van der Waals surface area contributed by atoms with Gasteiger partial charge in [0.25, 0.3) is 0 Å². The van der Waals surface area contributed by atoms with Crippen LogP contribution >= 0.6 is 15.9 Å². The first-order valence-electron chi connectivity index (χ1n) is 5.96. The van der Waals surface area contributed by atoms with Crippen molar-refractivity contribution in [2.24, 2.45) is 5.16 Å². The largest absolute Gasteiger partial charge is 0.507 e. The van der Waals surface area contributed by atoms with Crippen LogP contribution in [-0.2, 0) is 4.84 Å². The van der Waals surface area contributed by atoms with E-state index in [4.69, 9.17) is 4.84 Å². The van der Waals surface area contributed by atoms with Crippen molar-refractivity contribution in [2.45, 2.75) is 6.92 Å². The van der Waals surface area contributed by atoms with Gasteiger partial charge in [-0.2, -0.15) is 0 Å². The van der Waals surface area contributed by atoms with Crippen LogP contribution in [0.25, 0.3) is 0 Å². The number of nitrogens with zero attached hydrogens (tertiary/aromatic N) is 2. The predicted molar refractivity (Wildman–Crippen MR) is 79.0 cm³/mol. The smallest absolute Gasteiger partial charge is 0.143 e. The second kappa shape index (κ2) is 6.38. The van der Waals surface area contributed by atoms with Gasteiger partial charge in [0, 0.05) is 16.2 Å². The van der Waals surface area contributed by atoms with E-state index < -0.39 is 0 Å². The van der Waals surface area contributed by atoms with Crippen molar-refractivity contribution in [1.29, 1.82) is 0 Å². The average Bonchev–Trinajstić information content (AvgIpc) is 2.44. The van der Waals surface area contributed by atoms with E-state index in [1.165, 1.54) is 18.3 Å². The van der Waals surface area contributed by atoms with Crippen molar-refractivity contribution < 1.29 is 15.1 Å². The number of aromatic hydroxyl groups is 2. The average molecular weight is 337 g/mol. The quantitative estimate of drug-likeness (QED) is 0.664. The predicted octanol–water partition coefficient (Wildman–Crippen LogP) is 3.04. The maximum Gasteiger partial charge on any atom is 0.143 e. The fraction of sp³-hybridized carbons (Fsp3) is 0.143. The Bertz CT molecular complexity index is 644. The Balaban J connectivity index is 2.60. The summed E-state index contributed by atoms with van der Waals surface area (Å²) in [4.78, 5) is 9.16. The van der Waals surface area contributed by atoms with Crippen molar-refractivity contribution >= 4 is 21.6 Å². The highest BCUT2D eigenvalue weighted by Crippen LogP contribution is 2.27.